The van der Waals surface area contributed by atoms with E-state index in [2.05, 4.69) is 38.6 Å². The molecule has 0 aliphatic heterocycles. The van der Waals surface area contributed by atoms with Crippen LogP contribution in [0.3, 0.4) is 0 Å². The summed E-state index contributed by atoms with van der Waals surface area (Å²) in [5, 5.41) is 19.4. The van der Waals surface area contributed by atoms with Crippen molar-refractivity contribution in [3.8, 4) is 0 Å². The summed E-state index contributed by atoms with van der Waals surface area (Å²) in [6.45, 7) is 12.8. The van der Waals surface area contributed by atoms with Gasteiger partial charge in [0.1, 0.15) is 0 Å². The van der Waals surface area contributed by atoms with E-state index in [1.54, 1.807) is 13.0 Å². The topological polar surface area (TPSA) is 76.0 Å². The third kappa shape index (κ3) is 7.76. The van der Waals surface area contributed by atoms with E-state index in [0.29, 0.717) is 0 Å². The highest BCUT2D eigenvalue weighted by molar-refractivity contribution is 6.74. The van der Waals surface area contributed by atoms with Crippen LogP contribution < -0.4 is 0 Å². The van der Waals surface area contributed by atoms with Crippen LogP contribution in [0.25, 0.3) is 0 Å². The van der Waals surface area contributed by atoms with Gasteiger partial charge in [0.2, 0.25) is 0 Å². The van der Waals surface area contributed by atoms with Gasteiger partial charge in [-0.05, 0) is 25.1 Å². The number of esters is 1. The summed E-state index contributed by atoms with van der Waals surface area (Å²) in [7, 11) is -1.87. The van der Waals surface area contributed by atoms with Crippen molar-refractivity contribution < 1.29 is 24.2 Å². The van der Waals surface area contributed by atoms with Crippen molar-refractivity contribution in [3.63, 3.8) is 0 Å². The molecule has 0 radical (unpaired) electrons. The smallest absolute Gasteiger partial charge is 0.335 e. The number of hydrogen-bond donors (Lipinski definition) is 2. The molecule has 2 atom stereocenters. The molecule has 0 heterocycles. The van der Waals surface area contributed by atoms with Crippen molar-refractivity contribution in [1.29, 1.82) is 0 Å². The lowest BCUT2D eigenvalue weighted by molar-refractivity contribution is -0.152. The van der Waals surface area contributed by atoms with Gasteiger partial charge < -0.3 is 19.4 Å². The maximum atomic E-state index is 11.2. The molecule has 6 heteroatoms. The van der Waals surface area contributed by atoms with Crippen LogP contribution in [0, 0.1) is 0 Å². The molecule has 0 saturated heterocycles. The van der Waals surface area contributed by atoms with Crippen molar-refractivity contribution >= 4 is 14.3 Å². The predicted molar refractivity (Wildman–Crippen MR) is 85.6 cm³/mol. The third-order valence-electron chi connectivity index (χ3n) is 3.70. The van der Waals surface area contributed by atoms with Crippen molar-refractivity contribution in [2.75, 3.05) is 13.2 Å². The van der Waals surface area contributed by atoms with E-state index in [4.69, 9.17) is 4.43 Å². The zero-order valence-corrected chi connectivity index (χ0v) is 15.0. The van der Waals surface area contributed by atoms with Gasteiger partial charge in [0, 0.05) is 6.42 Å². The van der Waals surface area contributed by atoms with Gasteiger partial charge in [-0.3, -0.25) is 0 Å². The number of hydrogen-bond acceptors (Lipinski definition) is 5. The van der Waals surface area contributed by atoms with Crippen molar-refractivity contribution in [3.05, 3.63) is 12.2 Å². The quantitative estimate of drug-likeness (QED) is 0.408. The number of rotatable bonds is 8. The lowest BCUT2D eigenvalue weighted by Crippen LogP contribution is -2.42. The minimum absolute atomic E-state index is 0.0938. The molecule has 0 rings (SSSR count). The first-order chi connectivity index (χ1) is 9.51. The van der Waals surface area contributed by atoms with Gasteiger partial charge in [0.15, 0.2) is 14.4 Å². The molecule has 0 aliphatic rings. The zero-order valence-electron chi connectivity index (χ0n) is 14.0. The van der Waals surface area contributed by atoms with E-state index >= 15 is 0 Å². The molecule has 0 aliphatic carbocycles. The molecule has 0 aromatic heterocycles. The average molecular weight is 318 g/mol. The van der Waals surface area contributed by atoms with Gasteiger partial charge >= 0.3 is 5.97 Å². The number of ether oxygens (including phenoxy) is 1. The van der Waals surface area contributed by atoms with E-state index in [-0.39, 0.29) is 24.7 Å². The fraction of sp³-hybridized carbons (Fsp3) is 0.800. The maximum absolute atomic E-state index is 11.2. The second-order valence-electron chi connectivity index (χ2n) is 6.57. The minimum Gasteiger partial charge on any atom is -0.464 e. The molecule has 0 aromatic rings. The van der Waals surface area contributed by atoms with Crippen LogP contribution in [-0.2, 0) is 14.0 Å². The van der Waals surface area contributed by atoms with Gasteiger partial charge in [-0.15, -0.1) is 0 Å². The van der Waals surface area contributed by atoms with E-state index in [1.165, 1.54) is 6.08 Å². The summed E-state index contributed by atoms with van der Waals surface area (Å²) in [4.78, 5) is 11.2. The molecule has 0 unspecified atom stereocenters. The normalized spacial score (nSPS) is 16.0. The fourth-order valence-electron chi connectivity index (χ4n) is 1.27. The van der Waals surface area contributed by atoms with Gasteiger partial charge in [0.05, 0.1) is 19.3 Å². The molecular formula is C15H30O5Si. The van der Waals surface area contributed by atoms with Gasteiger partial charge in [0.25, 0.3) is 0 Å². The lowest BCUT2D eigenvalue weighted by atomic mass is 10.2. The van der Waals surface area contributed by atoms with E-state index in [1.807, 2.05) is 0 Å². The lowest BCUT2D eigenvalue weighted by Gasteiger charge is -2.36. The first-order valence-corrected chi connectivity index (χ1v) is 10.3. The SMILES string of the molecule is CCOC(=O)[C@@H](O)C/C=C\[C@H](O)CO[Si](C)(C)C(C)(C)C. The van der Waals surface area contributed by atoms with Crippen molar-refractivity contribution in [2.45, 2.75) is 64.5 Å². The Morgan fingerprint density at radius 3 is 2.33 bits per heavy atom. The first kappa shape index (κ1) is 20.3. The highest BCUT2D eigenvalue weighted by atomic mass is 28.4. The van der Waals surface area contributed by atoms with Crippen molar-refractivity contribution in [2.24, 2.45) is 0 Å². The van der Waals surface area contributed by atoms with Gasteiger partial charge in [-0.25, -0.2) is 4.79 Å². The van der Waals surface area contributed by atoms with Crippen LogP contribution in [0.1, 0.15) is 34.1 Å². The molecule has 0 fully saturated rings. The second-order valence-corrected chi connectivity index (χ2v) is 11.4. The molecule has 124 valence electrons. The summed E-state index contributed by atoms with van der Waals surface area (Å²) < 4.78 is 10.6. The number of aliphatic hydroxyl groups excluding tert-OH is 2. The zero-order chi connectivity index (χ0) is 16.7. The predicted octanol–water partition coefficient (Wildman–Crippen LogP) is 2.24. The Labute approximate surface area is 129 Å². The first-order valence-electron chi connectivity index (χ1n) is 7.34. The van der Waals surface area contributed by atoms with Crippen LogP contribution in [0.15, 0.2) is 12.2 Å². The third-order valence-corrected chi connectivity index (χ3v) is 8.20. The summed E-state index contributed by atoms with van der Waals surface area (Å²) in [6, 6.07) is 0. The maximum Gasteiger partial charge on any atom is 0.335 e. The molecule has 5 nitrogen and oxygen atoms in total. The number of aliphatic hydroxyl groups is 2. The molecule has 0 spiro atoms. The Hall–Kier alpha value is -0.693. The molecule has 0 bridgehead atoms. The number of carbonyl (C=O) groups is 1. The van der Waals surface area contributed by atoms with E-state index in [9.17, 15) is 15.0 Å². The molecule has 21 heavy (non-hydrogen) atoms. The Kier molecular flexibility index (Phi) is 8.39. The van der Waals surface area contributed by atoms with Gasteiger partial charge in [-0.2, -0.15) is 0 Å². The van der Waals surface area contributed by atoms with Crippen molar-refractivity contribution in [1.82, 2.24) is 0 Å². The minimum atomic E-state index is -1.87. The fourth-order valence-corrected chi connectivity index (χ4v) is 2.29. The highest BCUT2D eigenvalue weighted by Crippen LogP contribution is 2.36. The summed E-state index contributed by atoms with van der Waals surface area (Å²) >= 11 is 0. The Morgan fingerprint density at radius 1 is 1.29 bits per heavy atom. The van der Waals surface area contributed by atoms with Crippen LogP contribution in [0.5, 0.6) is 0 Å². The molecule has 2 N–H and O–H groups in total. The van der Waals surface area contributed by atoms with Crippen LogP contribution in [-0.4, -0.2) is 49.9 Å². The summed E-state index contributed by atoms with van der Waals surface area (Å²) in [5.74, 6) is -0.644. The monoisotopic (exact) mass is 318 g/mol. The van der Waals surface area contributed by atoms with Gasteiger partial charge in [-0.1, -0.05) is 32.9 Å². The summed E-state index contributed by atoms with van der Waals surface area (Å²) in [5.41, 5.74) is 0. The molecule has 0 saturated carbocycles. The standard InChI is InChI=1S/C15H30O5Si/c1-7-19-14(18)13(17)10-8-9-12(16)11-20-21(5,6)15(2,3)4/h8-9,12-13,16-17H,7,10-11H2,1-6H3/b9-8-/t12-,13-/m0/s1. The second kappa shape index (κ2) is 8.68. The Bertz CT molecular complexity index is 346. The van der Waals surface area contributed by atoms with Crippen LogP contribution in [0.2, 0.25) is 18.1 Å². The summed E-state index contributed by atoms with van der Waals surface area (Å²) in [6.07, 6.45) is 1.30. The molecule has 0 amide bonds. The number of carbonyl (C=O) groups excluding carboxylic acids is 1. The van der Waals surface area contributed by atoms with E-state index in [0.717, 1.165) is 0 Å². The Balaban J connectivity index is 4.18. The largest absolute Gasteiger partial charge is 0.464 e. The van der Waals surface area contributed by atoms with Crippen LogP contribution >= 0.6 is 0 Å². The average Bonchev–Trinajstić information content (AvgIpc) is 2.35. The Morgan fingerprint density at radius 2 is 1.86 bits per heavy atom. The molecular weight excluding hydrogens is 288 g/mol. The van der Waals surface area contributed by atoms with Crippen LogP contribution in [0.4, 0.5) is 0 Å². The highest BCUT2D eigenvalue weighted by Gasteiger charge is 2.37. The van der Waals surface area contributed by atoms with E-state index < -0.39 is 26.5 Å². The molecule has 0 aromatic carbocycles.